The third-order valence-electron chi connectivity index (χ3n) is 0.937. The molecule has 0 fully saturated rings. The molecule has 0 atom stereocenters. The topological polar surface area (TPSA) is 65.2 Å². The van der Waals surface area contributed by atoms with Crippen molar-refractivity contribution in [1.29, 1.82) is 0 Å². The largest absolute Gasteiger partial charge is 0.429 e. The molecule has 10 heavy (non-hydrogen) atoms. The quantitative estimate of drug-likeness (QED) is 0.593. The molecule has 0 aliphatic rings. The maximum Gasteiger partial charge on any atom is 0.298 e. The van der Waals surface area contributed by atoms with Crippen molar-refractivity contribution < 1.29 is 9.53 Å². The normalized spacial score (nSPS) is 8.80. The third kappa shape index (κ3) is 1.45. The molecule has 0 aliphatic carbocycles. The monoisotopic (exact) mass is 138 g/mol. The fourth-order valence-electron chi connectivity index (χ4n) is 0.557. The predicted octanol–water partition coefficient (Wildman–Crippen LogP) is 0.199. The molecule has 1 heterocycles. The van der Waals surface area contributed by atoms with Crippen molar-refractivity contribution in [2.45, 2.75) is 0 Å². The molecule has 0 saturated carbocycles. The lowest BCUT2D eigenvalue weighted by atomic mass is 10.4. The third-order valence-corrected chi connectivity index (χ3v) is 0.937. The molecule has 4 heteroatoms. The van der Waals surface area contributed by atoms with Crippen molar-refractivity contribution in [2.24, 2.45) is 0 Å². The van der Waals surface area contributed by atoms with E-state index in [1.54, 1.807) is 6.07 Å². The van der Waals surface area contributed by atoms with Gasteiger partial charge in [-0.2, -0.15) is 0 Å². The summed E-state index contributed by atoms with van der Waals surface area (Å²) in [5.41, 5.74) is 5.28. The Bertz CT molecular complexity index is 237. The van der Waals surface area contributed by atoms with E-state index in [4.69, 9.17) is 5.73 Å². The number of anilines is 1. The Labute approximate surface area is 57.6 Å². The van der Waals surface area contributed by atoms with E-state index < -0.39 is 0 Å². The van der Waals surface area contributed by atoms with Gasteiger partial charge in [-0.05, 0) is 6.07 Å². The van der Waals surface area contributed by atoms with Crippen molar-refractivity contribution in [3.05, 3.63) is 18.3 Å². The maximum absolute atomic E-state index is 9.80. The summed E-state index contributed by atoms with van der Waals surface area (Å²) in [6.07, 6.45) is 1.47. The molecule has 0 radical (unpaired) electrons. The second kappa shape index (κ2) is 2.82. The van der Waals surface area contributed by atoms with Gasteiger partial charge in [0.1, 0.15) is 11.6 Å². The predicted molar refractivity (Wildman–Crippen MR) is 35.3 cm³/mol. The molecular formula is C6H6N2O2. The van der Waals surface area contributed by atoms with Gasteiger partial charge in [0.25, 0.3) is 6.47 Å². The number of carbonyl (C=O) groups is 1. The number of hydrogen-bond acceptors (Lipinski definition) is 4. The first-order valence-electron chi connectivity index (χ1n) is 2.65. The lowest BCUT2D eigenvalue weighted by Crippen LogP contribution is -1.92. The molecule has 1 aromatic heterocycles. The molecule has 1 rings (SSSR count). The van der Waals surface area contributed by atoms with Gasteiger partial charge in [0.15, 0.2) is 0 Å². The van der Waals surface area contributed by atoms with Gasteiger partial charge in [0, 0.05) is 12.3 Å². The zero-order valence-electron chi connectivity index (χ0n) is 5.15. The van der Waals surface area contributed by atoms with E-state index in [2.05, 4.69) is 9.72 Å². The highest BCUT2D eigenvalue weighted by Crippen LogP contribution is 2.10. The summed E-state index contributed by atoms with van der Waals surface area (Å²) in [6.45, 7) is 0.342. The number of ether oxygens (including phenoxy) is 1. The first-order valence-corrected chi connectivity index (χ1v) is 2.65. The van der Waals surface area contributed by atoms with E-state index in [-0.39, 0.29) is 0 Å². The average Bonchev–Trinajstić information content (AvgIpc) is 1.88. The maximum atomic E-state index is 9.80. The molecule has 4 nitrogen and oxygen atoms in total. The van der Waals surface area contributed by atoms with Gasteiger partial charge in [-0.3, -0.25) is 4.79 Å². The van der Waals surface area contributed by atoms with E-state index >= 15 is 0 Å². The zero-order chi connectivity index (χ0) is 7.40. The Hall–Kier alpha value is -1.58. The number of nitrogens with zero attached hydrogens (tertiary/aromatic N) is 1. The van der Waals surface area contributed by atoms with Gasteiger partial charge in [-0.25, -0.2) is 4.98 Å². The van der Waals surface area contributed by atoms with Crippen molar-refractivity contribution in [2.75, 3.05) is 5.73 Å². The van der Waals surface area contributed by atoms with Crippen molar-refractivity contribution in [3.8, 4) is 5.75 Å². The lowest BCUT2D eigenvalue weighted by Gasteiger charge is -1.95. The minimum Gasteiger partial charge on any atom is -0.429 e. The standard InChI is InChI=1S/C6H6N2O2/c7-6-3-5(10-4-9)1-2-8-6/h1-4H,(H2,7,8). The van der Waals surface area contributed by atoms with Crippen LogP contribution >= 0.6 is 0 Å². The molecule has 0 spiro atoms. The highest BCUT2D eigenvalue weighted by molar-refractivity contribution is 5.47. The van der Waals surface area contributed by atoms with Gasteiger partial charge in [-0.15, -0.1) is 0 Å². The molecule has 0 amide bonds. The Morgan fingerprint density at radius 1 is 1.70 bits per heavy atom. The van der Waals surface area contributed by atoms with Gasteiger partial charge in [-0.1, -0.05) is 0 Å². The zero-order valence-corrected chi connectivity index (χ0v) is 5.15. The number of rotatable bonds is 2. The van der Waals surface area contributed by atoms with Gasteiger partial charge < -0.3 is 10.5 Å². The summed E-state index contributed by atoms with van der Waals surface area (Å²) in [7, 11) is 0. The molecule has 0 unspecified atom stereocenters. The molecule has 0 aliphatic heterocycles. The summed E-state index contributed by atoms with van der Waals surface area (Å²) in [6, 6.07) is 3.01. The molecule has 0 saturated heterocycles. The number of pyridine rings is 1. The van der Waals surface area contributed by atoms with Crippen LogP contribution in [-0.2, 0) is 4.79 Å². The van der Waals surface area contributed by atoms with Crippen molar-refractivity contribution >= 4 is 12.3 Å². The van der Waals surface area contributed by atoms with E-state index in [0.717, 1.165) is 0 Å². The summed E-state index contributed by atoms with van der Waals surface area (Å²) in [5, 5.41) is 0. The van der Waals surface area contributed by atoms with Crippen LogP contribution in [0.25, 0.3) is 0 Å². The SMILES string of the molecule is Nc1cc(OC=O)ccn1. The second-order valence-electron chi connectivity index (χ2n) is 1.63. The number of hydrogen-bond donors (Lipinski definition) is 1. The lowest BCUT2D eigenvalue weighted by molar-refractivity contribution is -0.120. The second-order valence-corrected chi connectivity index (χ2v) is 1.63. The molecule has 52 valence electrons. The van der Waals surface area contributed by atoms with Crippen LogP contribution < -0.4 is 10.5 Å². The van der Waals surface area contributed by atoms with Crippen LogP contribution in [0.1, 0.15) is 0 Å². The molecule has 0 aromatic carbocycles. The van der Waals surface area contributed by atoms with Gasteiger partial charge in [0.2, 0.25) is 0 Å². The highest BCUT2D eigenvalue weighted by Gasteiger charge is 1.91. The summed E-state index contributed by atoms with van der Waals surface area (Å²) < 4.78 is 4.49. The van der Waals surface area contributed by atoms with E-state index in [0.29, 0.717) is 18.0 Å². The van der Waals surface area contributed by atoms with Crippen LogP contribution in [0.2, 0.25) is 0 Å². The molecule has 0 bridgehead atoms. The van der Waals surface area contributed by atoms with E-state index in [1.165, 1.54) is 12.3 Å². The smallest absolute Gasteiger partial charge is 0.298 e. The van der Waals surface area contributed by atoms with Crippen molar-refractivity contribution in [1.82, 2.24) is 4.98 Å². The van der Waals surface area contributed by atoms with Crippen LogP contribution in [0.4, 0.5) is 5.82 Å². The average molecular weight is 138 g/mol. The highest BCUT2D eigenvalue weighted by atomic mass is 16.5. The summed E-state index contributed by atoms with van der Waals surface area (Å²) >= 11 is 0. The summed E-state index contributed by atoms with van der Waals surface area (Å²) in [4.78, 5) is 13.5. The van der Waals surface area contributed by atoms with Gasteiger partial charge in [0.05, 0.1) is 0 Å². The van der Waals surface area contributed by atoms with Crippen LogP contribution in [0.15, 0.2) is 18.3 Å². The fourth-order valence-corrected chi connectivity index (χ4v) is 0.557. The first-order chi connectivity index (χ1) is 4.83. The van der Waals surface area contributed by atoms with Crippen LogP contribution in [0.5, 0.6) is 5.75 Å². The van der Waals surface area contributed by atoms with Crippen LogP contribution in [0, 0.1) is 0 Å². The van der Waals surface area contributed by atoms with E-state index in [1.807, 2.05) is 0 Å². The summed E-state index contributed by atoms with van der Waals surface area (Å²) in [5.74, 6) is 0.738. The van der Waals surface area contributed by atoms with Crippen LogP contribution in [0.3, 0.4) is 0 Å². The van der Waals surface area contributed by atoms with Gasteiger partial charge >= 0.3 is 0 Å². The first kappa shape index (κ1) is 6.54. The number of aromatic nitrogens is 1. The molecular weight excluding hydrogens is 132 g/mol. The minimum absolute atomic E-state index is 0.333. The Morgan fingerprint density at radius 3 is 3.10 bits per heavy atom. The molecule has 2 N–H and O–H groups in total. The number of nitrogens with two attached hydrogens (primary N) is 1. The van der Waals surface area contributed by atoms with Crippen molar-refractivity contribution in [3.63, 3.8) is 0 Å². The Kier molecular flexibility index (Phi) is 1.84. The fraction of sp³-hybridized carbons (Fsp3) is 0. The Morgan fingerprint density at radius 2 is 2.50 bits per heavy atom. The number of carbonyl (C=O) groups excluding carboxylic acids is 1. The van der Waals surface area contributed by atoms with E-state index in [9.17, 15) is 4.79 Å². The molecule has 1 aromatic rings. The number of nitrogen functional groups attached to an aromatic ring is 1. The van der Waals surface area contributed by atoms with Crippen LogP contribution in [-0.4, -0.2) is 11.5 Å². The Balaban J connectivity index is 2.84. The minimum atomic E-state index is 0.333.